The summed E-state index contributed by atoms with van der Waals surface area (Å²) in [5.74, 6) is -0.675. The van der Waals surface area contributed by atoms with E-state index < -0.39 is 0 Å². The fourth-order valence-corrected chi connectivity index (χ4v) is 2.39. The Labute approximate surface area is 112 Å². The van der Waals surface area contributed by atoms with Gasteiger partial charge in [0.25, 0.3) is 0 Å². The maximum Gasteiger partial charge on any atom is 0.310 e. The van der Waals surface area contributed by atoms with Gasteiger partial charge in [-0.05, 0) is 36.6 Å². The van der Waals surface area contributed by atoms with Crippen molar-refractivity contribution in [3.8, 4) is 0 Å². The van der Waals surface area contributed by atoms with Gasteiger partial charge >= 0.3 is 5.97 Å². The summed E-state index contributed by atoms with van der Waals surface area (Å²) in [6.45, 7) is 1.43. The van der Waals surface area contributed by atoms with Crippen molar-refractivity contribution >= 4 is 18.4 Å². The average molecular weight is 274 g/mol. The fraction of sp³-hybridized carbons (Fsp3) is 0.462. The molecule has 2 atom stereocenters. The molecular formula is C13H17ClFNO2. The molecule has 2 unspecified atom stereocenters. The maximum atomic E-state index is 13.2. The summed E-state index contributed by atoms with van der Waals surface area (Å²) >= 11 is 0. The van der Waals surface area contributed by atoms with Crippen molar-refractivity contribution in [2.75, 3.05) is 20.2 Å². The molecule has 100 valence electrons. The van der Waals surface area contributed by atoms with Crippen LogP contribution in [0.2, 0.25) is 0 Å². The monoisotopic (exact) mass is 273 g/mol. The van der Waals surface area contributed by atoms with Crippen LogP contribution in [-0.4, -0.2) is 26.2 Å². The van der Waals surface area contributed by atoms with Gasteiger partial charge in [0.2, 0.25) is 0 Å². The standard InChI is InChI=1S/C13H16FNO2.ClH/c1-17-13(16)12-8-15-6-5-11(12)9-3-2-4-10(14)7-9;/h2-4,7,11-12,15H,5-6,8H2,1H3;1H. The first-order valence-electron chi connectivity index (χ1n) is 5.76. The number of ether oxygens (including phenoxy) is 1. The van der Waals surface area contributed by atoms with Gasteiger partial charge in [-0.1, -0.05) is 12.1 Å². The van der Waals surface area contributed by atoms with Crippen molar-refractivity contribution in [2.45, 2.75) is 12.3 Å². The van der Waals surface area contributed by atoms with Crippen LogP contribution >= 0.6 is 12.4 Å². The van der Waals surface area contributed by atoms with Crippen LogP contribution in [0.25, 0.3) is 0 Å². The molecular weight excluding hydrogens is 257 g/mol. The van der Waals surface area contributed by atoms with E-state index in [9.17, 15) is 9.18 Å². The molecule has 0 bridgehead atoms. The lowest BCUT2D eigenvalue weighted by atomic mass is 9.81. The van der Waals surface area contributed by atoms with Gasteiger partial charge in [0.15, 0.2) is 0 Å². The SMILES string of the molecule is COC(=O)C1CNCCC1c1cccc(F)c1.Cl. The van der Waals surface area contributed by atoms with Gasteiger partial charge in [-0.25, -0.2) is 4.39 Å². The first kappa shape index (κ1) is 14.9. The summed E-state index contributed by atoms with van der Waals surface area (Å²) in [6.07, 6.45) is 0.823. The Bertz CT molecular complexity index is 414. The van der Waals surface area contributed by atoms with Crippen LogP contribution in [0.3, 0.4) is 0 Å². The zero-order valence-electron chi connectivity index (χ0n) is 10.2. The summed E-state index contributed by atoms with van der Waals surface area (Å²) in [7, 11) is 1.39. The number of carbonyl (C=O) groups is 1. The molecule has 1 saturated heterocycles. The third-order valence-corrected chi connectivity index (χ3v) is 3.26. The fourth-order valence-electron chi connectivity index (χ4n) is 2.39. The number of hydrogen-bond acceptors (Lipinski definition) is 3. The molecule has 18 heavy (non-hydrogen) atoms. The Morgan fingerprint density at radius 3 is 2.94 bits per heavy atom. The summed E-state index contributed by atoms with van der Waals surface area (Å²) in [6, 6.07) is 6.47. The summed E-state index contributed by atoms with van der Waals surface area (Å²) in [4.78, 5) is 11.7. The van der Waals surface area contributed by atoms with Crippen molar-refractivity contribution in [3.63, 3.8) is 0 Å². The molecule has 0 aromatic heterocycles. The molecule has 2 rings (SSSR count). The largest absolute Gasteiger partial charge is 0.469 e. The number of hydrogen-bond donors (Lipinski definition) is 1. The van der Waals surface area contributed by atoms with Gasteiger partial charge in [-0.2, -0.15) is 0 Å². The van der Waals surface area contributed by atoms with E-state index in [1.807, 2.05) is 6.07 Å². The van der Waals surface area contributed by atoms with E-state index in [-0.39, 0.29) is 36.0 Å². The third-order valence-electron chi connectivity index (χ3n) is 3.26. The van der Waals surface area contributed by atoms with Gasteiger partial charge in [0, 0.05) is 6.54 Å². The number of nitrogens with one attached hydrogen (secondary N) is 1. The number of methoxy groups -OCH3 is 1. The van der Waals surface area contributed by atoms with E-state index >= 15 is 0 Å². The number of halogens is 2. The number of carbonyl (C=O) groups excluding carboxylic acids is 1. The topological polar surface area (TPSA) is 38.3 Å². The van der Waals surface area contributed by atoms with Crippen LogP contribution in [0.15, 0.2) is 24.3 Å². The lowest BCUT2D eigenvalue weighted by molar-refractivity contribution is -0.146. The molecule has 0 spiro atoms. The van der Waals surface area contributed by atoms with Gasteiger partial charge in [0.05, 0.1) is 13.0 Å². The molecule has 1 N–H and O–H groups in total. The highest BCUT2D eigenvalue weighted by Crippen LogP contribution is 2.31. The van der Waals surface area contributed by atoms with E-state index in [0.29, 0.717) is 6.54 Å². The lowest BCUT2D eigenvalue weighted by Gasteiger charge is -2.30. The Morgan fingerprint density at radius 2 is 2.28 bits per heavy atom. The molecule has 1 aromatic rings. The maximum absolute atomic E-state index is 13.2. The van der Waals surface area contributed by atoms with Gasteiger partial charge < -0.3 is 10.1 Å². The normalized spacial score (nSPS) is 23.0. The Hall–Kier alpha value is -1.13. The Morgan fingerprint density at radius 1 is 1.50 bits per heavy atom. The smallest absolute Gasteiger partial charge is 0.310 e. The van der Waals surface area contributed by atoms with Crippen LogP contribution in [0.5, 0.6) is 0 Å². The molecule has 0 aliphatic carbocycles. The molecule has 0 amide bonds. The second-order valence-electron chi connectivity index (χ2n) is 4.28. The highest BCUT2D eigenvalue weighted by molar-refractivity contribution is 5.85. The van der Waals surface area contributed by atoms with Crippen molar-refractivity contribution in [1.82, 2.24) is 5.32 Å². The molecule has 3 nitrogen and oxygen atoms in total. The minimum absolute atomic E-state index is 0. The summed E-state index contributed by atoms with van der Waals surface area (Å²) in [5.41, 5.74) is 0.877. The second kappa shape index (κ2) is 6.71. The first-order valence-corrected chi connectivity index (χ1v) is 5.76. The number of benzene rings is 1. The second-order valence-corrected chi connectivity index (χ2v) is 4.28. The molecule has 1 aromatic carbocycles. The van der Waals surface area contributed by atoms with E-state index in [1.54, 1.807) is 6.07 Å². The molecule has 1 heterocycles. The van der Waals surface area contributed by atoms with Crippen molar-refractivity contribution in [2.24, 2.45) is 5.92 Å². The third kappa shape index (κ3) is 3.21. The minimum atomic E-state index is -0.260. The summed E-state index contributed by atoms with van der Waals surface area (Å²) in [5, 5.41) is 3.17. The predicted octanol–water partition coefficient (Wildman–Crippen LogP) is 2.11. The number of esters is 1. The minimum Gasteiger partial charge on any atom is -0.469 e. The number of piperidine rings is 1. The van der Waals surface area contributed by atoms with Gasteiger partial charge in [-0.3, -0.25) is 4.79 Å². The van der Waals surface area contributed by atoms with E-state index in [1.165, 1.54) is 19.2 Å². The molecule has 0 radical (unpaired) electrons. The van der Waals surface area contributed by atoms with E-state index in [0.717, 1.165) is 18.5 Å². The molecule has 5 heteroatoms. The van der Waals surface area contributed by atoms with Crippen molar-refractivity contribution < 1.29 is 13.9 Å². The van der Waals surface area contributed by atoms with Crippen LogP contribution in [0.4, 0.5) is 4.39 Å². The van der Waals surface area contributed by atoms with Crippen LogP contribution in [-0.2, 0) is 9.53 Å². The van der Waals surface area contributed by atoms with Crippen LogP contribution in [0, 0.1) is 11.7 Å². The Balaban J connectivity index is 0.00000162. The van der Waals surface area contributed by atoms with E-state index in [2.05, 4.69) is 5.32 Å². The molecule has 0 saturated carbocycles. The highest BCUT2D eigenvalue weighted by atomic mass is 35.5. The first-order chi connectivity index (χ1) is 8.22. The average Bonchev–Trinajstić information content (AvgIpc) is 2.38. The Kier molecular flexibility index (Phi) is 5.56. The molecule has 1 aliphatic heterocycles. The predicted molar refractivity (Wildman–Crippen MR) is 69.4 cm³/mol. The molecule has 1 fully saturated rings. The van der Waals surface area contributed by atoms with Crippen molar-refractivity contribution in [1.29, 1.82) is 0 Å². The summed E-state index contributed by atoms with van der Waals surface area (Å²) < 4.78 is 18.0. The zero-order chi connectivity index (χ0) is 12.3. The van der Waals surface area contributed by atoms with Gasteiger partial charge in [-0.15, -0.1) is 12.4 Å². The quantitative estimate of drug-likeness (QED) is 0.839. The number of rotatable bonds is 2. The van der Waals surface area contributed by atoms with Gasteiger partial charge in [0.1, 0.15) is 5.82 Å². The highest BCUT2D eigenvalue weighted by Gasteiger charge is 2.32. The van der Waals surface area contributed by atoms with Crippen LogP contribution < -0.4 is 5.32 Å². The lowest BCUT2D eigenvalue weighted by Crippen LogP contribution is -2.40. The van der Waals surface area contributed by atoms with Crippen molar-refractivity contribution in [3.05, 3.63) is 35.6 Å². The van der Waals surface area contributed by atoms with E-state index in [4.69, 9.17) is 4.74 Å². The van der Waals surface area contributed by atoms with Crippen LogP contribution in [0.1, 0.15) is 17.9 Å². The molecule has 1 aliphatic rings. The zero-order valence-corrected chi connectivity index (χ0v) is 11.0.